The second-order valence-electron chi connectivity index (χ2n) is 5.28. The van der Waals surface area contributed by atoms with Gasteiger partial charge in [-0.25, -0.2) is 0 Å². The van der Waals surface area contributed by atoms with Crippen LogP contribution in [-0.2, 0) is 4.74 Å². The minimum absolute atomic E-state index is 0.413. The molecule has 2 unspecified atom stereocenters. The molecule has 15 heavy (non-hydrogen) atoms. The number of hydrogen-bond donors (Lipinski definition) is 0. The molecule has 1 spiro atoms. The van der Waals surface area contributed by atoms with Crippen molar-refractivity contribution in [3.63, 3.8) is 0 Å². The SMILES string of the molecule is CCCC(Cl)C1CCCC12CCOCC2. The average molecular weight is 231 g/mol. The van der Waals surface area contributed by atoms with Crippen LogP contribution in [0.1, 0.15) is 51.9 Å². The number of alkyl halides is 1. The third-order valence-corrected chi connectivity index (χ3v) is 4.99. The standard InChI is InChI=1S/C13H23ClO/c1-2-4-12(14)11-5-3-6-13(11)7-9-15-10-8-13/h11-12H,2-10H2,1H3. The van der Waals surface area contributed by atoms with Crippen LogP contribution in [0.3, 0.4) is 0 Å². The molecule has 0 aromatic carbocycles. The second kappa shape index (κ2) is 5.05. The summed E-state index contributed by atoms with van der Waals surface area (Å²) in [5.41, 5.74) is 0.555. The molecule has 0 aromatic rings. The highest BCUT2D eigenvalue weighted by Crippen LogP contribution is 2.53. The Morgan fingerprint density at radius 2 is 2.07 bits per heavy atom. The lowest BCUT2D eigenvalue weighted by Gasteiger charge is -2.41. The van der Waals surface area contributed by atoms with Crippen molar-refractivity contribution in [1.82, 2.24) is 0 Å². The molecule has 1 heterocycles. The second-order valence-corrected chi connectivity index (χ2v) is 5.84. The molecule has 2 atom stereocenters. The van der Waals surface area contributed by atoms with Crippen LogP contribution >= 0.6 is 11.6 Å². The molecular weight excluding hydrogens is 208 g/mol. The fourth-order valence-electron chi connectivity index (χ4n) is 3.61. The summed E-state index contributed by atoms with van der Waals surface area (Å²) in [5.74, 6) is 0.767. The van der Waals surface area contributed by atoms with Crippen molar-refractivity contribution in [2.24, 2.45) is 11.3 Å². The molecule has 0 bridgehead atoms. The molecule has 1 saturated carbocycles. The first-order valence-corrected chi connectivity index (χ1v) is 6.94. The first kappa shape index (κ1) is 11.7. The molecule has 0 N–H and O–H groups in total. The summed E-state index contributed by atoms with van der Waals surface area (Å²) in [6, 6.07) is 0. The van der Waals surface area contributed by atoms with Gasteiger partial charge >= 0.3 is 0 Å². The molecule has 0 amide bonds. The van der Waals surface area contributed by atoms with E-state index in [1.807, 2.05) is 0 Å². The topological polar surface area (TPSA) is 9.23 Å². The molecule has 2 heteroatoms. The van der Waals surface area contributed by atoms with Gasteiger partial charge in [0, 0.05) is 18.6 Å². The first-order chi connectivity index (χ1) is 7.28. The van der Waals surface area contributed by atoms with Gasteiger partial charge in [0.15, 0.2) is 0 Å². The van der Waals surface area contributed by atoms with Gasteiger partial charge in [-0.15, -0.1) is 11.6 Å². The lowest BCUT2D eigenvalue weighted by molar-refractivity contribution is -0.00715. The summed E-state index contributed by atoms with van der Waals surface area (Å²) >= 11 is 6.57. The quantitative estimate of drug-likeness (QED) is 0.667. The normalized spacial score (nSPS) is 32.0. The Morgan fingerprint density at radius 1 is 1.33 bits per heavy atom. The van der Waals surface area contributed by atoms with Gasteiger partial charge in [-0.05, 0) is 43.4 Å². The molecule has 1 saturated heterocycles. The van der Waals surface area contributed by atoms with Crippen LogP contribution in [0.5, 0.6) is 0 Å². The molecule has 0 radical (unpaired) electrons. The van der Waals surface area contributed by atoms with Crippen LogP contribution in [0.25, 0.3) is 0 Å². The summed E-state index contributed by atoms with van der Waals surface area (Å²) in [6.07, 6.45) is 9.06. The van der Waals surface area contributed by atoms with Gasteiger partial charge in [-0.1, -0.05) is 19.8 Å². The summed E-state index contributed by atoms with van der Waals surface area (Å²) in [4.78, 5) is 0. The summed E-state index contributed by atoms with van der Waals surface area (Å²) in [6.45, 7) is 4.17. The monoisotopic (exact) mass is 230 g/mol. The molecular formula is C13H23ClO. The third-order valence-electron chi connectivity index (χ3n) is 4.47. The Balaban J connectivity index is 2.02. The summed E-state index contributed by atoms with van der Waals surface area (Å²) in [7, 11) is 0. The van der Waals surface area contributed by atoms with E-state index in [1.54, 1.807) is 0 Å². The maximum atomic E-state index is 6.57. The van der Waals surface area contributed by atoms with E-state index in [9.17, 15) is 0 Å². The van der Waals surface area contributed by atoms with Crippen molar-refractivity contribution in [1.29, 1.82) is 0 Å². The van der Waals surface area contributed by atoms with Gasteiger partial charge in [0.05, 0.1) is 0 Å². The Morgan fingerprint density at radius 3 is 2.73 bits per heavy atom. The van der Waals surface area contributed by atoms with Crippen LogP contribution in [0.15, 0.2) is 0 Å². The zero-order valence-corrected chi connectivity index (χ0v) is 10.6. The van der Waals surface area contributed by atoms with E-state index >= 15 is 0 Å². The number of ether oxygens (including phenoxy) is 1. The van der Waals surface area contributed by atoms with Crippen LogP contribution in [0.4, 0.5) is 0 Å². The van der Waals surface area contributed by atoms with E-state index in [4.69, 9.17) is 16.3 Å². The minimum Gasteiger partial charge on any atom is -0.381 e. The molecule has 2 aliphatic rings. The van der Waals surface area contributed by atoms with Crippen molar-refractivity contribution >= 4 is 11.6 Å². The molecule has 2 rings (SSSR count). The van der Waals surface area contributed by atoms with Gasteiger partial charge in [-0.3, -0.25) is 0 Å². The van der Waals surface area contributed by atoms with Gasteiger partial charge in [0.25, 0.3) is 0 Å². The maximum absolute atomic E-state index is 6.57. The zero-order chi connectivity index (χ0) is 10.7. The lowest BCUT2D eigenvalue weighted by atomic mass is 9.70. The Kier molecular flexibility index (Phi) is 3.95. The Labute approximate surface area is 98.5 Å². The van der Waals surface area contributed by atoms with Crippen molar-refractivity contribution in [2.45, 2.75) is 57.2 Å². The Bertz CT molecular complexity index is 199. The molecule has 1 aliphatic heterocycles. The van der Waals surface area contributed by atoms with Gasteiger partial charge < -0.3 is 4.74 Å². The van der Waals surface area contributed by atoms with E-state index in [-0.39, 0.29) is 0 Å². The number of hydrogen-bond acceptors (Lipinski definition) is 1. The first-order valence-electron chi connectivity index (χ1n) is 6.50. The van der Waals surface area contributed by atoms with Crippen molar-refractivity contribution in [2.75, 3.05) is 13.2 Å². The van der Waals surface area contributed by atoms with Crippen LogP contribution in [0, 0.1) is 11.3 Å². The highest BCUT2D eigenvalue weighted by Gasteiger charge is 2.46. The van der Waals surface area contributed by atoms with E-state index in [0.717, 1.165) is 19.1 Å². The number of rotatable bonds is 3. The predicted molar refractivity (Wildman–Crippen MR) is 64.4 cm³/mol. The molecule has 1 nitrogen and oxygen atoms in total. The summed E-state index contributed by atoms with van der Waals surface area (Å²) in [5, 5.41) is 0.413. The number of halogens is 1. The van der Waals surface area contributed by atoms with E-state index in [2.05, 4.69) is 6.92 Å². The van der Waals surface area contributed by atoms with Crippen LogP contribution in [-0.4, -0.2) is 18.6 Å². The lowest BCUT2D eigenvalue weighted by Crippen LogP contribution is -2.37. The highest BCUT2D eigenvalue weighted by molar-refractivity contribution is 6.20. The zero-order valence-electron chi connectivity index (χ0n) is 9.80. The smallest absolute Gasteiger partial charge is 0.0471 e. The van der Waals surface area contributed by atoms with Crippen LogP contribution in [0.2, 0.25) is 0 Å². The van der Waals surface area contributed by atoms with Crippen LogP contribution < -0.4 is 0 Å². The van der Waals surface area contributed by atoms with Gasteiger partial charge in [0.2, 0.25) is 0 Å². The highest BCUT2D eigenvalue weighted by atomic mass is 35.5. The fraction of sp³-hybridized carbons (Fsp3) is 1.00. The Hall–Kier alpha value is 0.250. The molecule has 2 fully saturated rings. The largest absolute Gasteiger partial charge is 0.381 e. The third kappa shape index (κ3) is 2.34. The molecule has 1 aliphatic carbocycles. The van der Waals surface area contributed by atoms with Crippen molar-refractivity contribution in [3.05, 3.63) is 0 Å². The average Bonchev–Trinajstić information content (AvgIpc) is 2.63. The molecule has 88 valence electrons. The van der Waals surface area contributed by atoms with E-state index in [0.29, 0.717) is 10.8 Å². The van der Waals surface area contributed by atoms with Gasteiger partial charge in [0.1, 0.15) is 0 Å². The minimum atomic E-state index is 0.413. The fourth-order valence-corrected chi connectivity index (χ4v) is 4.22. The van der Waals surface area contributed by atoms with E-state index < -0.39 is 0 Å². The van der Waals surface area contributed by atoms with Gasteiger partial charge in [-0.2, -0.15) is 0 Å². The predicted octanol–water partition coefficient (Wildman–Crippen LogP) is 3.99. The summed E-state index contributed by atoms with van der Waals surface area (Å²) < 4.78 is 5.50. The van der Waals surface area contributed by atoms with Crippen molar-refractivity contribution < 1.29 is 4.74 Å². The van der Waals surface area contributed by atoms with E-state index in [1.165, 1.54) is 44.9 Å². The molecule has 0 aromatic heterocycles. The maximum Gasteiger partial charge on any atom is 0.0471 e. The van der Waals surface area contributed by atoms with Crippen molar-refractivity contribution in [3.8, 4) is 0 Å².